The van der Waals surface area contributed by atoms with Gasteiger partial charge in [-0.25, -0.2) is 4.98 Å². The number of nitrogens with two attached hydrogens (primary N) is 1. The predicted octanol–water partition coefficient (Wildman–Crippen LogP) is 2.24. The summed E-state index contributed by atoms with van der Waals surface area (Å²) in [5.74, 6) is 0.125. The highest BCUT2D eigenvalue weighted by molar-refractivity contribution is 6.29. The number of nitrogens with zero attached hydrogens (tertiary/aromatic N) is 1. The average Bonchev–Trinajstić information content (AvgIpc) is 3.05. The topological polar surface area (TPSA) is 68.0 Å². The molecule has 92 valence electrons. The molecule has 0 bridgehead atoms. The summed E-state index contributed by atoms with van der Waals surface area (Å²) in [5.41, 5.74) is 6.34. The summed E-state index contributed by atoms with van der Waals surface area (Å²) in [6.45, 7) is 2.88. The van der Waals surface area contributed by atoms with Crippen LogP contribution in [0.4, 0.5) is 5.82 Å². The molecule has 4 nitrogen and oxygen atoms in total. The van der Waals surface area contributed by atoms with E-state index in [2.05, 4.69) is 17.2 Å². The minimum atomic E-state index is -0.138. The van der Waals surface area contributed by atoms with E-state index in [0.29, 0.717) is 11.0 Å². The number of amides is 1. The molecule has 0 aromatic carbocycles. The molecule has 0 spiro atoms. The SMILES string of the molecule is CCC1(CNC(=O)c2cc(N)nc(Cl)c2)CC1. The molecule has 3 N–H and O–H groups in total. The molecular formula is C12H16ClN3O. The van der Waals surface area contributed by atoms with Gasteiger partial charge >= 0.3 is 0 Å². The molecule has 1 heterocycles. The minimum Gasteiger partial charge on any atom is -0.384 e. The highest BCUT2D eigenvalue weighted by Gasteiger charge is 2.40. The first-order chi connectivity index (χ1) is 8.04. The van der Waals surface area contributed by atoms with Crippen LogP contribution in [0.2, 0.25) is 5.15 Å². The van der Waals surface area contributed by atoms with Crippen molar-refractivity contribution in [3.63, 3.8) is 0 Å². The fourth-order valence-corrected chi connectivity index (χ4v) is 2.07. The average molecular weight is 254 g/mol. The van der Waals surface area contributed by atoms with E-state index in [1.807, 2.05) is 0 Å². The van der Waals surface area contributed by atoms with Gasteiger partial charge in [0.2, 0.25) is 0 Å². The fraction of sp³-hybridized carbons (Fsp3) is 0.500. The normalized spacial score (nSPS) is 16.6. The van der Waals surface area contributed by atoms with E-state index in [0.717, 1.165) is 13.0 Å². The van der Waals surface area contributed by atoms with Gasteiger partial charge in [-0.3, -0.25) is 4.79 Å². The lowest BCUT2D eigenvalue weighted by Gasteiger charge is -2.13. The summed E-state index contributed by atoms with van der Waals surface area (Å²) < 4.78 is 0. The zero-order chi connectivity index (χ0) is 12.5. The van der Waals surface area contributed by atoms with Crippen LogP contribution < -0.4 is 11.1 Å². The van der Waals surface area contributed by atoms with E-state index in [4.69, 9.17) is 17.3 Å². The Balaban J connectivity index is 1.99. The van der Waals surface area contributed by atoms with Gasteiger partial charge in [-0.05, 0) is 36.8 Å². The third-order valence-corrected chi connectivity index (χ3v) is 3.60. The monoisotopic (exact) mass is 253 g/mol. The second-order valence-corrected chi connectivity index (χ2v) is 5.03. The van der Waals surface area contributed by atoms with Crippen molar-refractivity contribution in [2.24, 2.45) is 5.41 Å². The van der Waals surface area contributed by atoms with Gasteiger partial charge in [-0.1, -0.05) is 18.5 Å². The van der Waals surface area contributed by atoms with Crippen LogP contribution in [-0.4, -0.2) is 17.4 Å². The lowest BCUT2D eigenvalue weighted by atomic mass is 10.0. The summed E-state index contributed by atoms with van der Waals surface area (Å²) in [6, 6.07) is 3.06. The number of aromatic nitrogens is 1. The van der Waals surface area contributed by atoms with Gasteiger partial charge in [-0.15, -0.1) is 0 Å². The van der Waals surface area contributed by atoms with Crippen LogP contribution in [0.15, 0.2) is 12.1 Å². The summed E-state index contributed by atoms with van der Waals surface area (Å²) >= 11 is 5.75. The Morgan fingerprint density at radius 1 is 1.59 bits per heavy atom. The van der Waals surface area contributed by atoms with Gasteiger partial charge < -0.3 is 11.1 Å². The van der Waals surface area contributed by atoms with E-state index < -0.39 is 0 Å². The summed E-state index contributed by atoms with van der Waals surface area (Å²) in [6.07, 6.45) is 3.50. The summed E-state index contributed by atoms with van der Waals surface area (Å²) in [5, 5.41) is 3.17. The van der Waals surface area contributed by atoms with Crippen LogP contribution in [0, 0.1) is 5.41 Å². The second-order valence-electron chi connectivity index (χ2n) is 4.64. The third-order valence-electron chi connectivity index (χ3n) is 3.41. The van der Waals surface area contributed by atoms with Gasteiger partial charge in [-0.2, -0.15) is 0 Å². The van der Waals surface area contributed by atoms with Crippen molar-refractivity contribution in [1.82, 2.24) is 10.3 Å². The molecule has 1 aromatic rings. The highest BCUT2D eigenvalue weighted by Crippen LogP contribution is 2.47. The Hall–Kier alpha value is -1.29. The molecule has 1 aliphatic rings. The molecule has 0 aliphatic heterocycles. The predicted molar refractivity (Wildman–Crippen MR) is 68.0 cm³/mol. The minimum absolute atomic E-state index is 0.138. The molecule has 2 rings (SSSR count). The lowest BCUT2D eigenvalue weighted by Crippen LogP contribution is -2.30. The Kier molecular flexibility index (Phi) is 3.24. The van der Waals surface area contributed by atoms with Crippen molar-refractivity contribution in [3.05, 3.63) is 22.8 Å². The number of pyridine rings is 1. The fourth-order valence-electron chi connectivity index (χ4n) is 1.85. The maximum atomic E-state index is 11.9. The molecule has 1 saturated carbocycles. The first-order valence-electron chi connectivity index (χ1n) is 5.76. The van der Waals surface area contributed by atoms with Crippen LogP contribution in [0.3, 0.4) is 0 Å². The van der Waals surface area contributed by atoms with Gasteiger partial charge in [0, 0.05) is 12.1 Å². The number of anilines is 1. The molecule has 0 atom stereocenters. The van der Waals surface area contributed by atoms with Gasteiger partial charge in [0.05, 0.1) is 0 Å². The van der Waals surface area contributed by atoms with Crippen molar-refractivity contribution >= 4 is 23.3 Å². The van der Waals surface area contributed by atoms with E-state index in [9.17, 15) is 4.79 Å². The Labute approximate surface area is 106 Å². The molecule has 5 heteroatoms. The number of rotatable bonds is 4. The zero-order valence-electron chi connectivity index (χ0n) is 9.79. The van der Waals surface area contributed by atoms with Crippen molar-refractivity contribution in [3.8, 4) is 0 Å². The molecule has 1 aromatic heterocycles. The molecule has 1 aliphatic carbocycles. The van der Waals surface area contributed by atoms with Crippen LogP contribution in [0.25, 0.3) is 0 Å². The summed E-state index contributed by atoms with van der Waals surface area (Å²) in [4.78, 5) is 15.7. The van der Waals surface area contributed by atoms with Crippen molar-refractivity contribution in [2.75, 3.05) is 12.3 Å². The van der Waals surface area contributed by atoms with Crippen LogP contribution in [0.1, 0.15) is 36.5 Å². The molecule has 0 radical (unpaired) electrons. The maximum Gasteiger partial charge on any atom is 0.251 e. The number of carbonyl (C=O) groups is 1. The van der Waals surface area contributed by atoms with Crippen LogP contribution in [0.5, 0.6) is 0 Å². The Morgan fingerprint density at radius 2 is 2.29 bits per heavy atom. The van der Waals surface area contributed by atoms with E-state index in [-0.39, 0.29) is 16.9 Å². The highest BCUT2D eigenvalue weighted by atomic mass is 35.5. The first kappa shape index (κ1) is 12.2. The molecule has 1 amide bonds. The maximum absolute atomic E-state index is 11.9. The largest absolute Gasteiger partial charge is 0.384 e. The van der Waals surface area contributed by atoms with E-state index in [1.54, 1.807) is 0 Å². The molecule has 0 unspecified atom stereocenters. The van der Waals surface area contributed by atoms with Gasteiger partial charge in [0.1, 0.15) is 11.0 Å². The standard InChI is InChI=1S/C12H16ClN3O/c1-2-12(3-4-12)7-15-11(17)8-5-9(13)16-10(14)6-8/h5-6H,2-4,7H2,1H3,(H2,14,16)(H,15,17). The molecular weight excluding hydrogens is 238 g/mol. The summed E-state index contributed by atoms with van der Waals surface area (Å²) in [7, 11) is 0. The zero-order valence-corrected chi connectivity index (χ0v) is 10.5. The van der Waals surface area contributed by atoms with Crippen molar-refractivity contribution < 1.29 is 4.79 Å². The van der Waals surface area contributed by atoms with Crippen molar-refractivity contribution in [1.29, 1.82) is 0 Å². The smallest absolute Gasteiger partial charge is 0.251 e. The van der Waals surface area contributed by atoms with E-state index >= 15 is 0 Å². The molecule has 1 fully saturated rings. The Morgan fingerprint density at radius 3 is 2.82 bits per heavy atom. The van der Waals surface area contributed by atoms with Crippen molar-refractivity contribution in [2.45, 2.75) is 26.2 Å². The number of nitrogen functional groups attached to an aromatic ring is 1. The number of hydrogen-bond acceptors (Lipinski definition) is 3. The van der Waals surface area contributed by atoms with Gasteiger partial charge in [0.25, 0.3) is 5.91 Å². The quantitative estimate of drug-likeness (QED) is 0.809. The molecule has 0 saturated heterocycles. The molecule has 17 heavy (non-hydrogen) atoms. The van der Waals surface area contributed by atoms with Crippen LogP contribution >= 0.6 is 11.6 Å². The number of carbonyl (C=O) groups excluding carboxylic acids is 1. The number of halogens is 1. The third kappa shape index (κ3) is 2.88. The Bertz CT molecular complexity index is 423. The second kappa shape index (κ2) is 4.53. The van der Waals surface area contributed by atoms with Crippen LogP contribution in [-0.2, 0) is 0 Å². The van der Waals surface area contributed by atoms with Gasteiger partial charge in [0.15, 0.2) is 0 Å². The number of hydrogen-bond donors (Lipinski definition) is 2. The first-order valence-corrected chi connectivity index (χ1v) is 6.14. The van der Waals surface area contributed by atoms with E-state index in [1.165, 1.54) is 25.0 Å². The lowest BCUT2D eigenvalue weighted by molar-refractivity contribution is 0.0944. The number of nitrogens with one attached hydrogen (secondary N) is 1.